The second kappa shape index (κ2) is 7.20. The molecule has 3 aliphatic heterocycles. The van der Waals surface area contributed by atoms with Gasteiger partial charge in [-0.25, -0.2) is 4.79 Å². The van der Waals surface area contributed by atoms with E-state index in [9.17, 15) is 19.5 Å². The van der Waals surface area contributed by atoms with Gasteiger partial charge in [0.25, 0.3) is 0 Å². The Bertz CT molecular complexity index is 614. The molecular formula is C15H19N3O4S2. The van der Waals surface area contributed by atoms with Gasteiger partial charge in [0.2, 0.25) is 12.3 Å². The van der Waals surface area contributed by atoms with Gasteiger partial charge in [0.1, 0.15) is 17.1 Å². The third-order valence-corrected chi connectivity index (χ3v) is 6.88. The Morgan fingerprint density at radius 3 is 2.71 bits per heavy atom. The Morgan fingerprint density at radius 1 is 1.38 bits per heavy atom. The molecule has 0 spiro atoms. The number of nitrogens with two attached hydrogens (primary N) is 1. The number of carbonyl (C=O) groups is 3. The van der Waals surface area contributed by atoms with E-state index in [0.717, 1.165) is 32.3 Å². The molecule has 2 atom stereocenters. The second-order valence-corrected chi connectivity index (χ2v) is 8.21. The van der Waals surface area contributed by atoms with Crippen LogP contribution in [0.5, 0.6) is 0 Å². The molecule has 3 heterocycles. The first-order chi connectivity index (χ1) is 11.5. The van der Waals surface area contributed by atoms with Crippen molar-refractivity contribution in [1.82, 2.24) is 9.80 Å². The zero-order valence-electron chi connectivity index (χ0n) is 13.0. The summed E-state index contributed by atoms with van der Waals surface area (Å²) < 4.78 is 0. The molecule has 7 nitrogen and oxygen atoms in total. The van der Waals surface area contributed by atoms with E-state index in [1.165, 1.54) is 16.7 Å². The molecule has 3 rings (SSSR count). The van der Waals surface area contributed by atoms with Crippen LogP contribution in [-0.2, 0) is 14.4 Å². The Balaban J connectivity index is 1.65. The summed E-state index contributed by atoms with van der Waals surface area (Å²) in [6, 6.07) is -0.604. The highest BCUT2D eigenvalue weighted by Gasteiger charge is 2.51. The lowest BCUT2D eigenvalue weighted by atomic mass is 10.0. The zero-order chi connectivity index (χ0) is 17.3. The van der Waals surface area contributed by atoms with E-state index in [-0.39, 0.29) is 17.0 Å². The van der Waals surface area contributed by atoms with Crippen molar-refractivity contribution in [1.29, 1.82) is 0 Å². The molecular weight excluding hydrogens is 350 g/mol. The lowest BCUT2D eigenvalue weighted by Gasteiger charge is -2.47. The largest absolute Gasteiger partial charge is 0.477 e. The predicted octanol–water partition coefficient (Wildman–Crippen LogP) is 0.435. The summed E-state index contributed by atoms with van der Waals surface area (Å²) in [5, 5.41) is 11.5. The summed E-state index contributed by atoms with van der Waals surface area (Å²) in [6.07, 6.45) is 4.52. The van der Waals surface area contributed by atoms with Crippen LogP contribution < -0.4 is 5.73 Å². The van der Waals surface area contributed by atoms with Crippen LogP contribution in [0.2, 0.25) is 0 Å². The molecule has 2 amide bonds. The summed E-state index contributed by atoms with van der Waals surface area (Å²) >= 11 is 3.15. The number of rotatable bonds is 5. The molecule has 0 saturated carbocycles. The van der Waals surface area contributed by atoms with Crippen molar-refractivity contribution in [3.8, 4) is 0 Å². The topological polar surface area (TPSA) is 104 Å². The number of carboxylic acid groups (broad SMARTS) is 1. The summed E-state index contributed by atoms with van der Waals surface area (Å²) in [5.74, 6) is -0.890. The van der Waals surface area contributed by atoms with E-state index in [2.05, 4.69) is 0 Å². The van der Waals surface area contributed by atoms with E-state index in [0.29, 0.717) is 16.6 Å². The molecule has 0 unspecified atom stereocenters. The number of carbonyl (C=O) groups excluding carboxylic acids is 2. The SMILES string of the molecule is N[C@@H]1C(=O)N2C(C(=O)O)=C(C=CSC3CCN(C=O)CC3)CS[C@H]12. The lowest BCUT2D eigenvalue weighted by molar-refractivity contribution is -0.147. The van der Waals surface area contributed by atoms with Crippen LogP contribution in [0.3, 0.4) is 0 Å². The number of carboxylic acids is 1. The number of β-lactam (4-membered cyclic amide) rings is 1. The molecule has 3 N–H and O–H groups in total. The van der Waals surface area contributed by atoms with Crippen molar-refractivity contribution in [2.45, 2.75) is 29.5 Å². The van der Waals surface area contributed by atoms with E-state index >= 15 is 0 Å². The lowest BCUT2D eigenvalue weighted by Crippen LogP contribution is -2.68. The molecule has 24 heavy (non-hydrogen) atoms. The maximum Gasteiger partial charge on any atom is 0.352 e. The van der Waals surface area contributed by atoms with Crippen molar-refractivity contribution in [3.63, 3.8) is 0 Å². The zero-order valence-corrected chi connectivity index (χ0v) is 14.6. The van der Waals surface area contributed by atoms with Gasteiger partial charge in [-0.2, -0.15) is 0 Å². The minimum absolute atomic E-state index is 0.0538. The van der Waals surface area contributed by atoms with Crippen LogP contribution in [0.1, 0.15) is 12.8 Å². The van der Waals surface area contributed by atoms with E-state index < -0.39 is 12.0 Å². The molecule has 0 bridgehead atoms. The standard InChI is InChI=1S/C15H19N3O4S2/c16-11-13(20)18-12(15(21)22)9(7-24-14(11)18)3-6-23-10-1-4-17(8-19)5-2-10/h3,6,8,10-11,14H,1-2,4-5,7,16H2,(H,21,22)/t11-,14-/m1/s1. The normalized spacial score (nSPS) is 28.1. The van der Waals surface area contributed by atoms with Crippen LogP contribution in [-0.4, -0.2) is 68.7 Å². The third kappa shape index (κ3) is 3.20. The van der Waals surface area contributed by atoms with Crippen LogP contribution >= 0.6 is 23.5 Å². The fourth-order valence-electron chi connectivity index (χ4n) is 3.02. The second-order valence-electron chi connectivity index (χ2n) is 5.89. The van der Waals surface area contributed by atoms with Gasteiger partial charge in [0.05, 0.1) is 0 Å². The van der Waals surface area contributed by atoms with Crippen molar-refractivity contribution in [2.24, 2.45) is 5.73 Å². The quantitative estimate of drug-likeness (QED) is 0.535. The smallest absolute Gasteiger partial charge is 0.352 e. The van der Waals surface area contributed by atoms with Gasteiger partial charge in [-0.15, -0.1) is 23.5 Å². The number of fused-ring (bicyclic) bond motifs is 1. The molecule has 130 valence electrons. The number of piperidine rings is 1. The van der Waals surface area contributed by atoms with Crippen LogP contribution in [0.25, 0.3) is 0 Å². The molecule has 0 aromatic heterocycles. The number of amides is 2. The molecule has 0 aromatic carbocycles. The van der Waals surface area contributed by atoms with Gasteiger partial charge < -0.3 is 15.7 Å². The highest BCUT2D eigenvalue weighted by atomic mass is 32.2. The van der Waals surface area contributed by atoms with Gasteiger partial charge in [-0.3, -0.25) is 14.5 Å². The monoisotopic (exact) mass is 369 g/mol. The van der Waals surface area contributed by atoms with Gasteiger partial charge in [-0.1, -0.05) is 0 Å². The van der Waals surface area contributed by atoms with Crippen molar-refractivity contribution >= 4 is 41.8 Å². The Labute approximate surface area is 148 Å². The first kappa shape index (κ1) is 17.4. The van der Waals surface area contributed by atoms with E-state index in [1.807, 2.05) is 5.41 Å². The minimum Gasteiger partial charge on any atom is -0.477 e. The van der Waals surface area contributed by atoms with Crippen molar-refractivity contribution < 1.29 is 19.5 Å². The average molecular weight is 369 g/mol. The van der Waals surface area contributed by atoms with Crippen molar-refractivity contribution in [2.75, 3.05) is 18.8 Å². The summed E-state index contributed by atoms with van der Waals surface area (Å²) in [7, 11) is 0. The highest BCUT2D eigenvalue weighted by molar-refractivity contribution is 8.02. The molecule has 0 aromatic rings. The van der Waals surface area contributed by atoms with E-state index in [4.69, 9.17) is 5.73 Å². The Hall–Kier alpha value is -1.45. The Morgan fingerprint density at radius 2 is 2.08 bits per heavy atom. The summed E-state index contributed by atoms with van der Waals surface area (Å²) in [5.41, 5.74) is 6.42. The Kier molecular flexibility index (Phi) is 5.21. The van der Waals surface area contributed by atoms with Gasteiger partial charge in [0, 0.05) is 24.1 Å². The first-order valence-corrected chi connectivity index (χ1v) is 9.70. The molecule has 2 fully saturated rings. The number of likely N-dealkylation sites (tertiary alicyclic amines) is 1. The van der Waals surface area contributed by atoms with Crippen LogP contribution in [0.4, 0.5) is 0 Å². The van der Waals surface area contributed by atoms with Crippen LogP contribution in [0.15, 0.2) is 22.8 Å². The highest BCUT2D eigenvalue weighted by Crippen LogP contribution is 2.40. The van der Waals surface area contributed by atoms with Gasteiger partial charge >= 0.3 is 5.97 Å². The van der Waals surface area contributed by atoms with Crippen LogP contribution in [0, 0.1) is 0 Å². The fourth-order valence-corrected chi connectivity index (χ4v) is 5.23. The molecule has 2 saturated heterocycles. The van der Waals surface area contributed by atoms with E-state index in [1.54, 1.807) is 22.7 Å². The molecule has 3 aliphatic rings. The number of allylic oxidation sites excluding steroid dienone is 1. The maximum atomic E-state index is 11.9. The van der Waals surface area contributed by atoms with Gasteiger partial charge in [-0.05, 0) is 29.9 Å². The first-order valence-electron chi connectivity index (χ1n) is 7.71. The predicted molar refractivity (Wildman–Crippen MR) is 93.1 cm³/mol. The number of aliphatic carboxylic acids is 1. The number of nitrogens with zero attached hydrogens (tertiary/aromatic N) is 2. The van der Waals surface area contributed by atoms with Gasteiger partial charge in [0.15, 0.2) is 0 Å². The van der Waals surface area contributed by atoms with Crippen molar-refractivity contribution in [3.05, 3.63) is 22.8 Å². The minimum atomic E-state index is -1.09. The average Bonchev–Trinajstić information content (AvgIpc) is 2.60. The molecule has 0 radical (unpaired) electrons. The molecule has 9 heteroatoms. The third-order valence-electron chi connectivity index (χ3n) is 4.41. The summed E-state index contributed by atoms with van der Waals surface area (Å²) in [4.78, 5) is 37.2. The fraction of sp³-hybridized carbons (Fsp3) is 0.533. The number of thioether (sulfide) groups is 2. The maximum absolute atomic E-state index is 11.9. The molecule has 0 aliphatic carbocycles. The number of hydrogen-bond donors (Lipinski definition) is 2. The summed E-state index contributed by atoms with van der Waals surface area (Å²) in [6.45, 7) is 1.52. The number of hydrogen-bond acceptors (Lipinski definition) is 6.